The van der Waals surface area contributed by atoms with Crippen molar-refractivity contribution in [1.82, 2.24) is 4.57 Å². The van der Waals surface area contributed by atoms with E-state index in [2.05, 4.69) is 23.3 Å². The molecule has 1 radical (unpaired) electrons. The molecule has 0 aliphatic rings. The Morgan fingerprint density at radius 3 is 2.77 bits per heavy atom. The largest absolute Gasteiger partial charge is 0.458 e. The summed E-state index contributed by atoms with van der Waals surface area (Å²) < 4.78 is 9.91. The van der Waals surface area contributed by atoms with Crippen molar-refractivity contribution >= 4 is 38.7 Å². The van der Waals surface area contributed by atoms with Gasteiger partial charge in [-0.3, -0.25) is 0 Å². The number of imidazole rings is 1. The molecule has 2 aromatic heterocycles. The molecule has 26 heavy (non-hydrogen) atoms. The van der Waals surface area contributed by atoms with Crippen molar-refractivity contribution in [2.45, 2.75) is 0 Å². The first-order valence-electron chi connectivity index (χ1n) is 7.90. The van der Waals surface area contributed by atoms with Crippen molar-refractivity contribution in [3.05, 3.63) is 78.4 Å². The first-order valence-corrected chi connectivity index (χ1v) is 7.90. The monoisotopic (exact) mass is 515 g/mol. The molecule has 5 heteroatoms. The van der Waals surface area contributed by atoms with E-state index in [1.54, 1.807) is 0 Å². The maximum absolute atomic E-state index is 7.45. The molecule has 127 valence electrons. The number of aromatic nitrogens is 2. The van der Waals surface area contributed by atoms with E-state index in [0.29, 0.717) is 5.69 Å². The van der Waals surface area contributed by atoms with Gasteiger partial charge in [-0.1, -0.05) is 23.9 Å². The summed E-state index contributed by atoms with van der Waals surface area (Å²) in [7, 11) is 1.96. The van der Waals surface area contributed by atoms with Crippen LogP contribution in [0.1, 0.15) is 0 Å². The molecule has 5 aromatic rings. The second kappa shape index (κ2) is 6.10. The van der Waals surface area contributed by atoms with Crippen molar-refractivity contribution in [2.75, 3.05) is 0 Å². The van der Waals surface area contributed by atoms with E-state index in [-0.39, 0.29) is 20.1 Å². The zero-order chi connectivity index (χ0) is 17.0. The molecule has 4 nitrogen and oxygen atoms in total. The quantitative estimate of drug-likeness (QED) is 0.239. The van der Waals surface area contributed by atoms with Gasteiger partial charge in [-0.2, -0.15) is 30.3 Å². The van der Waals surface area contributed by atoms with E-state index in [9.17, 15) is 0 Å². The van der Waals surface area contributed by atoms with Gasteiger partial charge in [0.15, 0.2) is 5.69 Å². The van der Waals surface area contributed by atoms with Crippen LogP contribution in [0.3, 0.4) is 0 Å². The predicted octanol–water partition coefficient (Wildman–Crippen LogP) is 4.50. The van der Waals surface area contributed by atoms with Gasteiger partial charge in [0.1, 0.15) is 11.2 Å². The summed E-state index contributed by atoms with van der Waals surface area (Å²) >= 11 is 0. The van der Waals surface area contributed by atoms with Gasteiger partial charge < -0.3 is 13.6 Å². The van der Waals surface area contributed by atoms with Crippen LogP contribution in [-0.4, -0.2) is 4.57 Å². The number of furan rings is 1. The maximum atomic E-state index is 7.45. The third-order valence-corrected chi connectivity index (χ3v) is 4.48. The van der Waals surface area contributed by atoms with Crippen LogP contribution in [0.15, 0.2) is 59.0 Å². The smallest absolute Gasteiger partial charge is 0.242 e. The minimum atomic E-state index is 0. The number of fused-ring (bicyclic) bond motifs is 4. The average Bonchev–Trinajstić information content (AvgIpc) is 3.18. The van der Waals surface area contributed by atoms with Crippen LogP contribution in [-0.2, 0) is 27.2 Å². The molecule has 5 rings (SSSR count). The molecule has 0 N–H and O–H groups in total. The predicted molar refractivity (Wildman–Crippen MR) is 95.7 cm³/mol. The number of rotatable bonds is 1. The zero-order valence-corrected chi connectivity index (χ0v) is 16.2. The fourth-order valence-corrected chi connectivity index (χ4v) is 3.34. The number of para-hydroxylation sites is 1. The van der Waals surface area contributed by atoms with E-state index < -0.39 is 0 Å². The second-order valence-electron chi connectivity index (χ2n) is 5.94. The van der Waals surface area contributed by atoms with E-state index in [1.165, 1.54) is 0 Å². The third kappa shape index (κ3) is 2.28. The molecule has 0 saturated heterocycles. The summed E-state index contributed by atoms with van der Waals surface area (Å²) in [5.41, 5.74) is 5.05. The Morgan fingerprint density at radius 1 is 1.12 bits per heavy atom. The first-order chi connectivity index (χ1) is 12.3. The van der Waals surface area contributed by atoms with Gasteiger partial charge in [-0.25, -0.2) is 4.85 Å². The Bertz CT molecular complexity index is 1310. The van der Waals surface area contributed by atoms with E-state index >= 15 is 0 Å². The second-order valence-corrected chi connectivity index (χ2v) is 5.94. The number of nitrogens with zero attached hydrogens (tertiary/aromatic N) is 3. The van der Waals surface area contributed by atoms with Gasteiger partial charge in [-0.15, -0.1) is 0 Å². The van der Waals surface area contributed by atoms with Gasteiger partial charge >= 0.3 is 0 Å². The molecule has 0 fully saturated rings. The fraction of sp³-hybridized carbons (Fsp3) is 0.0476. The Balaban J connectivity index is 0.00000168. The van der Waals surface area contributed by atoms with Gasteiger partial charge in [0.2, 0.25) is 6.33 Å². The molecule has 0 atom stereocenters. The Kier molecular flexibility index (Phi) is 3.88. The molecular weight excluding hydrogens is 502 g/mol. The molecule has 0 unspecified atom stereocenters. The summed E-state index contributed by atoms with van der Waals surface area (Å²) in [4.78, 5) is 3.65. The van der Waals surface area contributed by atoms with Crippen LogP contribution in [0.25, 0.3) is 43.5 Å². The molecule has 2 heterocycles. The average molecular weight is 515 g/mol. The Hall–Kier alpha value is -2.93. The number of benzene rings is 3. The minimum Gasteiger partial charge on any atom is -0.458 e. The standard InChI is InChI=1S/C21H12N3O.Ir/c1-22-16-9-6-10-19-21(16)15-11-18-17(12-20(15)25-19)23(2)13-24(18)14-7-4-3-5-8-14;/h3-7,9-12H,2H3;/q-1;. The van der Waals surface area contributed by atoms with E-state index in [4.69, 9.17) is 11.0 Å². The van der Waals surface area contributed by atoms with Crippen molar-refractivity contribution in [3.8, 4) is 5.69 Å². The van der Waals surface area contributed by atoms with Crippen LogP contribution >= 0.6 is 0 Å². The summed E-state index contributed by atoms with van der Waals surface area (Å²) in [5.74, 6) is 0. The van der Waals surface area contributed by atoms with Crippen molar-refractivity contribution in [2.24, 2.45) is 7.05 Å². The van der Waals surface area contributed by atoms with Gasteiger partial charge in [-0.05, 0) is 12.1 Å². The maximum Gasteiger partial charge on any atom is 0.242 e. The van der Waals surface area contributed by atoms with Crippen LogP contribution < -0.4 is 4.57 Å². The summed E-state index contributed by atoms with van der Waals surface area (Å²) in [6.45, 7) is 7.45. The Labute approximate surface area is 163 Å². The molecule has 3 aromatic carbocycles. The topological polar surface area (TPSA) is 26.3 Å². The van der Waals surface area contributed by atoms with Crippen molar-refractivity contribution in [3.63, 3.8) is 0 Å². The summed E-state index contributed by atoms with van der Waals surface area (Å²) in [6, 6.07) is 20.7. The first kappa shape index (κ1) is 16.5. The molecule has 0 bridgehead atoms. The summed E-state index contributed by atoms with van der Waals surface area (Å²) in [6.07, 6.45) is 3.31. The van der Waals surface area contributed by atoms with Gasteiger partial charge in [0.25, 0.3) is 0 Å². The molecular formula is C21H12IrN3O-. The number of hydrogen-bond donors (Lipinski definition) is 0. The van der Waals surface area contributed by atoms with Gasteiger partial charge in [0.05, 0.1) is 24.7 Å². The minimum absolute atomic E-state index is 0. The fourth-order valence-electron chi connectivity index (χ4n) is 3.34. The SMILES string of the molecule is [C-]#[N+]c1cccc2oc3cc4c(cc3c12)n(-c1[c-]cccc1)[c-][n+]4C.[Ir]. The van der Waals surface area contributed by atoms with Crippen LogP contribution in [0.5, 0.6) is 0 Å². The molecule has 0 aliphatic carbocycles. The van der Waals surface area contributed by atoms with Crippen molar-refractivity contribution in [1.29, 1.82) is 0 Å². The third-order valence-electron chi connectivity index (χ3n) is 4.48. The van der Waals surface area contributed by atoms with E-state index in [1.807, 2.05) is 64.7 Å². The van der Waals surface area contributed by atoms with Crippen LogP contribution in [0, 0.1) is 19.0 Å². The molecule has 0 amide bonds. The molecule has 0 spiro atoms. The van der Waals surface area contributed by atoms with Crippen LogP contribution in [0.2, 0.25) is 0 Å². The van der Waals surface area contributed by atoms with Crippen LogP contribution in [0.4, 0.5) is 5.69 Å². The number of hydrogen-bond acceptors (Lipinski definition) is 1. The van der Waals surface area contributed by atoms with Gasteiger partial charge in [0, 0.05) is 30.9 Å². The van der Waals surface area contributed by atoms with Crippen molar-refractivity contribution < 1.29 is 29.1 Å². The Morgan fingerprint density at radius 2 is 2.00 bits per heavy atom. The van der Waals surface area contributed by atoms with E-state index in [0.717, 1.165) is 38.7 Å². The normalized spacial score (nSPS) is 10.9. The summed E-state index contributed by atoms with van der Waals surface area (Å²) in [5, 5.41) is 1.81. The molecule has 0 aliphatic heterocycles. The number of aryl methyl sites for hydroxylation is 1. The zero-order valence-electron chi connectivity index (χ0n) is 13.8. The molecule has 0 saturated carbocycles.